The smallest absolute Gasteiger partial charge is 0.259 e. The van der Waals surface area contributed by atoms with Crippen LogP contribution in [0.4, 0.5) is 0 Å². The second-order valence-corrected chi connectivity index (χ2v) is 8.08. The lowest BCUT2D eigenvalue weighted by molar-refractivity contribution is -0.126. The van der Waals surface area contributed by atoms with Gasteiger partial charge in [0.2, 0.25) is 5.91 Å². The van der Waals surface area contributed by atoms with Crippen molar-refractivity contribution >= 4 is 11.8 Å². The Morgan fingerprint density at radius 1 is 1.00 bits per heavy atom. The molecule has 0 saturated carbocycles. The highest BCUT2D eigenvalue weighted by molar-refractivity contribution is 5.97. The highest BCUT2D eigenvalue weighted by Crippen LogP contribution is 2.24. The van der Waals surface area contributed by atoms with E-state index < -0.39 is 0 Å². The van der Waals surface area contributed by atoms with Crippen molar-refractivity contribution in [1.82, 2.24) is 24.6 Å². The monoisotopic (exact) mass is 443 g/mol. The lowest BCUT2D eigenvalue weighted by Crippen LogP contribution is -2.43. The van der Waals surface area contributed by atoms with Gasteiger partial charge in [-0.3, -0.25) is 9.59 Å². The summed E-state index contributed by atoms with van der Waals surface area (Å²) in [6.07, 6.45) is 8.29. The van der Waals surface area contributed by atoms with Gasteiger partial charge in [-0.2, -0.15) is 5.10 Å². The molecule has 1 fully saturated rings. The van der Waals surface area contributed by atoms with Gasteiger partial charge in [0.25, 0.3) is 5.91 Å². The third-order valence-electron chi connectivity index (χ3n) is 5.99. The van der Waals surface area contributed by atoms with Crippen LogP contribution >= 0.6 is 0 Å². The molecule has 5 rings (SSSR count). The van der Waals surface area contributed by atoms with E-state index >= 15 is 0 Å². The first kappa shape index (κ1) is 20.8. The summed E-state index contributed by atoms with van der Waals surface area (Å²) < 4.78 is 8.95. The summed E-state index contributed by atoms with van der Waals surface area (Å²) in [7, 11) is 0. The molecular formula is C25H25N5O3. The number of carbonyl (C=O) groups is 2. The maximum Gasteiger partial charge on any atom is 0.259 e. The van der Waals surface area contributed by atoms with Gasteiger partial charge in [-0.25, -0.2) is 4.68 Å². The Hall–Kier alpha value is -4.07. The Morgan fingerprint density at radius 3 is 2.45 bits per heavy atom. The molecule has 0 spiro atoms. The first-order valence-electron chi connectivity index (χ1n) is 11.1. The molecule has 33 heavy (non-hydrogen) atoms. The predicted molar refractivity (Wildman–Crippen MR) is 122 cm³/mol. The number of nitrogens with one attached hydrogen (secondary N) is 1. The van der Waals surface area contributed by atoms with Crippen molar-refractivity contribution in [2.24, 2.45) is 5.92 Å². The van der Waals surface area contributed by atoms with Gasteiger partial charge in [-0.05, 0) is 49.2 Å². The zero-order chi connectivity index (χ0) is 22.6. The molecular weight excluding hydrogens is 418 g/mol. The molecule has 8 nitrogen and oxygen atoms in total. The number of para-hydroxylation sites is 1. The quantitative estimate of drug-likeness (QED) is 0.495. The number of likely N-dealkylation sites (tertiary alicyclic amines) is 1. The van der Waals surface area contributed by atoms with E-state index in [1.165, 1.54) is 0 Å². The molecule has 8 heteroatoms. The van der Waals surface area contributed by atoms with Crippen LogP contribution in [-0.4, -0.2) is 44.2 Å². The Bertz CT molecular complexity index is 1200. The van der Waals surface area contributed by atoms with Crippen LogP contribution in [0, 0.1) is 5.92 Å². The molecule has 1 aliphatic heterocycles. The van der Waals surface area contributed by atoms with Crippen LogP contribution in [0.3, 0.4) is 0 Å². The number of benzene rings is 1. The van der Waals surface area contributed by atoms with Crippen molar-refractivity contribution in [2.45, 2.75) is 19.4 Å². The fourth-order valence-electron chi connectivity index (χ4n) is 4.22. The summed E-state index contributed by atoms with van der Waals surface area (Å²) in [6.45, 7) is 1.43. The lowest BCUT2D eigenvalue weighted by Gasteiger charge is -2.31. The van der Waals surface area contributed by atoms with E-state index in [2.05, 4.69) is 10.4 Å². The van der Waals surface area contributed by atoms with Gasteiger partial charge in [0.05, 0.1) is 24.7 Å². The molecule has 1 aliphatic rings. The third-order valence-corrected chi connectivity index (χ3v) is 5.99. The zero-order valence-electron chi connectivity index (χ0n) is 18.1. The van der Waals surface area contributed by atoms with Crippen LogP contribution in [0.25, 0.3) is 11.5 Å². The molecule has 1 saturated heterocycles. The fraction of sp³-hybridized carbons (Fsp3) is 0.240. The van der Waals surface area contributed by atoms with Crippen molar-refractivity contribution in [1.29, 1.82) is 0 Å². The number of carbonyl (C=O) groups excluding carboxylic acids is 2. The van der Waals surface area contributed by atoms with Gasteiger partial charge in [0.15, 0.2) is 5.82 Å². The van der Waals surface area contributed by atoms with Crippen molar-refractivity contribution in [3.05, 3.63) is 90.8 Å². The average molecular weight is 444 g/mol. The van der Waals surface area contributed by atoms with Crippen LogP contribution in [0.2, 0.25) is 0 Å². The molecule has 2 amide bonds. The molecule has 4 heterocycles. The summed E-state index contributed by atoms with van der Waals surface area (Å²) in [6, 6.07) is 17.2. The molecule has 4 aromatic rings. The van der Waals surface area contributed by atoms with E-state index in [0.717, 1.165) is 11.4 Å². The van der Waals surface area contributed by atoms with Crippen LogP contribution in [0.5, 0.6) is 0 Å². The van der Waals surface area contributed by atoms with Crippen molar-refractivity contribution in [3.63, 3.8) is 0 Å². The molecule has 168 valence electrons. The normalized spacial score (nSPS) is 14.4. The number of furan rings is 1. The second-order valence-electron chi connectivity index (χ2n) is 8.08. The molecule has 0 aliphatic carbocycles. The van der Waals surface area contributed by atoms with E-state index in [-0.39, 0.29) is 17.7 Å². The number of rotatable bonds is 6. The third kappa shape index (κ3) is 4.32. The largest absolute Gasteiger partial charge is 0.467 e. The zero-order valence-corrected chi connectivity index (χ0v) is 18.1. The minimum Gasteiger partial charge on any atom is -0.467 e. The highest BCUT2D eigenvalue weighted by Gasteiger charge is 2.30. The molecule has 1 aromatic carbocycles. The molecule has 0 bridgehead atoms. The van der Waals surface area contributed by atoms with Gasteiger partial charge in [0.1, 0.15) is 11.3 Å². The lowest BCUT2D eigenvalue weighted by atomic mass is 9.95. The minimum atomic E-state index is -0.111. The Kier molecular flexibility index (Phi) is 5.80. The maximum atomic E-state index is 13.5. The van der Waals surface area contributed by atoms with E-state index in [4.69, 9.17) is 4.42 Å². The van der Waals surface area contributed by atoms with Crippen LogP contribution in [0.15, 0.2) is 83.9 Å². The summed E-state index contributed by atoms with van der Waals surface area (Å²) in [4.78, 5) is 27.8. The van der Waals surface area contributed by atoms with Crippen LogP contribution in [0.1, 0.15) is 29.0 Å². The second kappa shape index (κ2) is 9.20. The minimum absolute atomic E-state index is 0.00317. The number of nitrogens with zero attached hydrogens (tertiary/aromatic N) is 4. The van der Waals surface area contributed by atoms with E-state index in [9.17, 15) is 9.59 Å². The van der Waals surface area contributed by atoms with Gasteiger partial charge in [-0.1, -0.05) is 18.2 Å². The summed E-state index contributed by atoms with van der Waals surface area (Å²) in [5, 5.41) is 7.45. The van der Waals surface area contributed by atoms with Gasteiger partial charge < -0.3 is 19.2 Å². The summed E-state index contributed by atoms with van der Waals surface area (Å²) in [5.74, 6) is 1.25. The van der Waals surface area contributed by atoms with Crippen LogP contribution < -0.4 is 5.32 Å². The molecule has 1 N–H and O–H groups in total. The number of piperidine rings is 1. The van der Waals surface area contributed by atoms with E-state index in [1.807, 2.05) is 70.4 Å². The van der Waals surface area contributed by atoms with Crippen molar-refractivity contribution < 1.29 is 14.0 Å². The predicted octanol–water partition coefficient (Wildman–Crippen LogP) is 3.42. The highest BCUT2D eigenvalue weighted by atomic mass is 16.3. The van der Waals surface area contributed by atoms with Crippen molar-refractivity contribution in [2.75, 3.05) is 13.1 Å². The SMILES string of the molecule is O=C(NCc1ccco1)C1CCN(C(=O)c2cnn(-c3ccccc3)c2-n2cccc2)CC1. The fourth-order valence-corrected chi connectivity index (χ4v) is 4.22. The maximum absolute atomic E-state index is 13.5. The first-order chi connectivity index (χ1) is 16.2. The molecule has 0 radical (unpaired) electrons. The van der Waals surface area contributed by atoms with E-state index in [1.54, 1.807) is 23.2 Å². The van der Waals surface area contributed by atoms with Gasteiger partial charge in [0, 0.05) is 31.4 Å². The Morgan fingerprint density at radius 2 is 1.76 bits per heavy atom. The molecule has 0 unspecified atom stereocenters. The number of aromatic nitrogens is 3. The Balaban J connectivity index is 1.29. The standard InChI is InChI=1S/C25H25N5O3/c31-23(26-17-21-9-6-16-33-21)19-10-14-29(15-11-19)25(32)22-18-27-30(20-7-2-1-3-8-20)24(22)28-12-4-5-13-28/h1-9,12-13,16,18-19H,10-11,14-15,17H2,(H,26,31). The van der Waals surface area contributed by atoms with Crippen LogP contribution in [-0.2, 0) is 11.3 Å². The van der Waals surface area contributed by atoms with E-state index in [0.29, 0.717) is 43.9 Å². The first-order valence-corrected chi connectivity index (χ1v) is 11.1. The number of hydrogen-bond acceptors (Lipinski definition) is 4. The van der Waals surface area contributed by atoms with Crippen molar-refractivity contribution in [3.8, 4) is 11.5 Å². The summed E-state index contributed by atoms with van der Waals surface area (Å²) >= 11 is 0. The van der Waals surface area contributed by atoms with Gasteiger partial charge >= 0.3 is 0 Å². The number of hydrogen-bond donors (Lipinski definition) is 1. The topological polar surface area (TPSA) is 85.3 Å². The average Bonchev–Trinajstić information content (AvgIpc) is 3.64. The number of amides is 2. The molecule has 0 atom stereocenters. The van der Waals surface area contributed by atoms with Gasteiger partial charge in [-0.15, -0.1) is 0 Å². The Labute approximate surface area is 191 Å². The summed E-state index contributed by atoms with van der Waals surface area (Å²) in [5.41, 5.74) is 1.42. The molecule has 3 aromatic heterocycles.